The summed E-state index contributed by atoms with van der Waals surface area (Å²) in [6.07, 6.45) is 1.97. The molecule has 0 spiro atoms. The summed E-state index contributed by atoms with van der Waals surface area (Å²) in [7, 11) is 0. The Morgan fingerprint density at radius 1 is 0.429 bits per heavy atom. The highest BCUT2D eigenvalue weighted by Crippen LogP contribution is 2.22. The third-order valence-corrected chi connectivity index (χ3v) is 5.22. The molecule has 4 aromatic carbocycles. The fraction of sp³-hybridized carbons (Fsp3) is 0.143. The average Bonchev–Trinajstić information content (AvgIpc) is 2.69. The number of benzene rings is 4. The van der Waals surface area contributed by atoms with Gasteiger partial charge in [0.25, 0.3) is 0 Å². The Balaban J connectivity index is 1.45. The van der Waals surface area contributed by atoms with Gasteiger partial charge in [-0.25, -0.2) is 0 Å². The highest BCUT2D eigenvalue weighted by Gasteiger charge is 2.02. The number of aryl methyl sites for hydroxylation is 2. The molecule has 0 saturated heterocycles. The van der Waals surface area contributed by atoms with Gasteiger partial charge in [-0.15, -0.1) is 0 Å². The van der Waals surface area contributed by atoms with Gasteiger partial charge in [-0.1, -0.05) is 108 Å². The van der Waals surface area contributed by atoms with E-state index in [1.165, 1.54) is 44.5 Å². The molecule has 0 heteroatoms. The van der Waals surface area contributed by atoms with E-state index in [0.29, 0.717) is 0 Å². The summed E-state index contributed by atoms with van der Waals surface area (Å²) < 4.78 is 0. The molecule has 0 aromatic heterocycles. The number of hydrogen-bond acceptors (Lipinski definition) is 0. The van der Waals surface area contributed by atoms with Gasteiger partial charge in [0, 0.05) is 0 Å². The Kier molecular flexibility index (Phi) is 5.39. The maximum Gasteiger partial charge on any atom is -0.00257 e. The number of rotatable bonds is 5. The van der Waals surface area contributed by atoms with E-state index >= 15 is 0 Å². The van der Waals surface area contributed by atoms with Crippen LogP contribution in [0.2, 0.25) is 0 Å². The van der Waals surface area contributed by atoms with E-state index in [0.717, 1.165) is 12.8 Å². The van der Waals surface area contributed by atoms with Crippen LogP contribution in [0.3, 0.4) is 0 Å². The Morgan fingerprint density at radius 3 is 1.18 bits per heavy atom. The zero-order valence-electron chi connectivity index (χ0n) is 16.7. The van der Waals surface area contributed by atoms with Crippen LogP contribution < -0.4 is 0 Å². The summed E-state index contributed by atoms with van der Waals surface area (Å²) in [6.45, 7) is 4.30. The molecule has 0 N–H and O–H groups in total. The molecule has 0 radical (unpaired) electrons. The molecule has 0 bridgehead atoms. The first-order valence-electron chi connectivity index (χ1n) is 9.95. The molecule has 4 rings (SSSR count). The molecule has 0 heterocycles. The van der Waals surface area contributed by atoms with Crippen molar-refractivity contribution in [1.29, 1.82) is 0 Å². The normalized spacial score (nSPS) is 10.8. The van der Waals surface area contributed by atoms with Crippen LogP contribution in [-0.4, -0.2) is 0 Å². The van der Waals surface area contributed by atoms with Crippen molar-refractivity contribution in [2.45, 2.75) is 26.7 Å². The second-order valence-corrected chi connectivity index (χ2v) is 7.73. The summed E-state index contributed by atoms with van der Waals surface area (Å²) in [5, 5.41) is 0. The molecule has 0 aliphatic carbocycles. The Hall–Kier alpha value is -3.12. The molecule has 0 aliphatic heterocycles. The van der Waals surface area contributed by atoms with Crippen LogP contribution in [0.5, 0.6) is 0 Å². The maximum atomic E-state index is 2.26. The van der Waals surface area contributed by atoms with Crippen molar-refractivity contribution in [3.63, 3.8) is 0 Å². The van der Waals surface area contributed by atoms with E-state index in [9.17, 15) is 0 Å². The Morgan fingerprint density at radius 2 is 0.821 bits per heavy atom. The first-order chi connectivity index (χ1) is 13.7. The van der Waals surface area contributed by atoms with Crippen molar-refractivity contribution < 1.29 is 0 Å². The van der Waals surface area contributed by atoms with Gasteiger partial charge >= 0.3 is 0 Å². The zero-order chi connectivity index (χ0) is 19.3. The summed E-state index contributed by atoms with van der Waals surface area (Å²) in [6, 6.07) is 35.4. The quantitative estimate of drug-likeness (QED) is 0.353. The largest absolute Gasteiger partial charge is 0.0617 e. The van der Waals surface area contributed by atoms with Crippen molar-refractivity contribution in [3.05, 3.63) is 130 Å². The van der Waals surface area contributed by atoms with Crippen LogP contribution in [0.25, 0.3) is 11.1 Å². The van der Waals surface area contributed by atoms with Crippen LogP contribution in [0.4, 0.5) is 0 Å². The molecule has 0 saturated carbocycles. The Bertz CT molecular complexity index is 965. The first-order valence-corrected chi connectivity index (χ1v) is 9.95. The van der Waals surface area contributed by atoms with Gasteiger partial charge < -0.3 is 0 Å². The van der Waals surface area contributed by atoms with Crippen LogP contribution >= 0.6 is 0 Å². The third kappa shape index (κ3) is 4.58. The molecule has 0 aliphatic rings. The minimum absolute atomic E-state index is 0.984. The minimum atomic E-state index is 0.984. The predicted molar refractivity (Wildman–Crippen MR) is 120 cm³/mol. The zero-order valence-corrected chi connectivity index (χ0v) is 16.7. The summed E-state index contributed by atoms with van der Waals surface area (Å²) in [5.74, 6) is 0. The molecular formula is C28H26. The van der Waals surface area contributed by atoms with E-state index in [1.54, 1.807) is 0 Å². The van der Waals surface area contributed by atoms with E-state index in [2.05, 4.69) is 111 Å². The fourth-order valence-electron chi connectivity index (χ4n) is 3.75. The van der Waals surface area contributed by atoms with E-state index in [-0.39, 0.29) is 0 Å². The molecule has 0 amide bonds. The van der Waals surface area contributed by atoms with Gasteiger partial charge in [-0.3, -0.25) is 0 Å². The lowest BCUT2D eigenvalue weighted by Gasteiger charge is -2.08. The Labute approximate surface area is 168 Å². The molecular weight excluding hydrogens is 336 g/mol. The fourth-order valence-corrected chi connectivity index (χ4v) is 3.75. The smallest absolute Gasteiger partial charge is 0.00257 e. The topological polar surface area (TPSA) is 0 Å². The lowest BCUT2D eigenvalue weighted by Crippen LogP contribution is -1.90. The van der Waals surface area contributed by atoms with Gasteiger partial charge in [0.15, 0.2) is 0 Å². The lowest BCUT2D eigenvalue weighted by molar-refractivity contribution is 1.18. The van der Waals surface area contributed by atoms with Crippen molar-refractivity contribution in [1.82, 2.24) is 0 Å². The van der Waals surface area contributed by atoms with Gasteiger partial charge in [-0.05, 0) is 60.1 Å². The SMILES string of the molecule is Cc1cccc(Cc2ccc(-c3ccc(Cc4cccc(C)c4)cc3)cc2)c1. The summed E-state index contributed by atoms with van der Waals surface area (Å²) in [4.78, 5) is 0. The second kappa shape index (κ2) is 8.27. The van der Waals surface area contributed by atoms with Crippen LogP contribution in [0.1, 0.15) is 33.4 Å². The van der Waals surface area contributed by atoms with E-state index < -0.39 is 0 Å². The lowest BCUT2D eigenvalue weighted by atomic mass is 9.97. The summed E-state index contributed by atoms with van der Waals surface area (Å²) in [5.41, 5.74) is 10.6. The maximum absolute atomic E-state index is 2.26. The van der Waals surface area contributed by atoms with E-state index in [1.807, 2.05) is 0 Å². The highest BCUT2D eigenvalue weighted by atomic mass is 14.1. The molecule has 0 atom stereocenters. The number of hydrogen-bond donors (Lipinski definition) is 0. The molecule has 28 heavy (non-hydrogen) atoms. The van der Waals surface area contributed by atoms with Crippen molar-refractivity contribution in [2.24, 2.45) is 0 Å². The van der Waals surface area contributed by atoms with E-state index in [4.69, 9.17) is 0 Å². The third-order valence-electron chi connectivity index (χ3n) is 5.22. The first kappa shape index (κ1) is 18.3. The second-order valence-electron chi connectivity index (χ2n) is 7.73. The van der Waals surface area contributed by atoms with Crippen molar-refractivity contribution in [2.75, 3.05) is 0 Å². The van der Waals surface area contributed by atoms with Gasteiger partial charge in [-0.2, -0.15) is 0 Å². The molecule has 0 unspecified atom stereocenters. The monoisotopic (exact) mass is 362 g/mol. The van der Waals surface area contributed by atoms with Crippen molar-refractivity contribution >= 4 is 0 Å². The standard InChI is InChI=1S/C28H26/c1-21-5-3-7-25(17-21)19-23-9-13-27(14-10-23)28-15-11-24(12-16-28)20-26-8-4-6-22(2)18-26/h3-18H,19-20H2,1-2H3. The van der Waals surface area contributed by atoms with Crippen LogP contribution in [0.15, 0.2) is 97.1 Å². The van der Waals surface area contributed by atoms with Crippen LogP contribution in [-0.2, 0) is 12.8 Å². The highest BCUT2D eigenvalue weighted by molar-refractivity contribution is 5.64. The molecule has 0 fully saturated rings. The molecule has 138 valence electrons. The minimum Gasteiger partial charge on any atom is -0.0617 e. The van der Waals surface area contributed by atoms with Gasteiger partial charge in [0.05, 0.1) is 0 Å². The molecule has 4 aromatic rings. The average molecular weight is 363 g/mol. The van der Waals surface area contributed by atoms with Crippen LogP contribution in [0, 0.1) is 13.8 Å². The predicted octanol–water partition coefficient (Wildman–Crippen LogP) is 7.15. The van der Waals surface area contributed by atoms with Gasteiger partial charge in [0.2, 0.25) is 0 Å². The van der Waals surface area contributed by atoms with Gasteiger partial charge in [0.1, 0.15) is 0 Å². The molecule has 0 nitrogen and oxygen atoms in total. The summed E-state index contributed by atoms with van der Waals surface area (Å²) >= 11 is 0. The van der Waals surface area contributed by atoms with Crippen molar-refractivity contribution in [3.8, 4) is 11.1 Å².